The van der Waals surface area contributed by atoms with Crippen LogP contribution >= 0.6 is 0 Å². The molecule has 3 heteroatoms. The molecule has 1 heterocycles. The number of likely N-dealkylation sites (tertiary alicyclic amines) is 1. The van der Waals surface area contributed by atoms with Crippen molar-refractivity contribution in [1.82, 2.24) is 4.90 Å². The Labute approximate surface area is 96.2 Å². The van der Waals surface area contributed by atoms with Crippen LogP contribution in [0.1, 0.15) is 18.4 Å². The monoisotopic (exact) mass is 222 g/mol. The van der Waals surface area contributed by atoms with Crippen molar-refractivity contribution >= 4 is 0 Å². The third-order valence-electron chi connectivity index (χ3n) is 3.34. The van der Waals surface area contributed by atoms with Gasteiger partial charge in [0.1, 0.15) is 5.82 Å². The third kappa shape index (κ3) is 2.60. The largest absolute Gasteiger partial charge is 0.329 e. The standard InChI is InChI=1S/C13H19FN2/c14-13-6-2-1-5-11(13)9-12(10-15)16-7-3-4-8-16/h1-2,5-6,12H,3-4,7-10,15H2. The minimum Gasteiger partial charge on any atom is -0.329 e. The van der Waals surface area contributed by atoms with Gasteiger partial charge in [0.25, 0.3) is 0 Å². The SMILES string of the molecule is NCC(Cc1ccccc1F)N1CCCC1. The second-order valence-corrected chi connectivity index (χ2v) is 4.43. The van der Waals surface area contributed by atoms with E-state index < -0.39 is 0 Å². The van der Waals surface area contributed by atoms with Gasteiger partial charge in [-0.25, -0.2) is 4.39 Å². The second kappa shape index (κ2) is 5.41. The van der Waals surface area contributed by atoms with E-state index in [-0.39, 0.29) is 5.82 Å². The molecule has 0 bridgehead atoms. The van der Waals surface area contributed by atoms with Crippen molar-refractivity contribution in [2.45, 2.75) is 25.3 Å². The van der Waals surface area contributed by atoms with E-state index in [0.717, 1.165) is 25.1 Å². The lowest BCUT2D eigenvalue weighted by molar-refractivity contribution is 0.244. The van der Waals surface area contributed by atoms with Crippen molar-refractivity contribution in [3.8, 4) is 0 Å². The van der Waals surface area contributed by atoms with Gasteiger partial charge in [-0.15, -0.1) is 0 Å². The molecule has 1 saturated heterocycles. The molecule has 2 rings (SSSR count). The molecule has 0 aromatic heterocycles. The summed E-state index contributed by atoms with van der Waals surface area (Å²) >= 11 is 0. The summed E-state index contributed by atoms with van der Waals surface area (Å²) in [5.74, 6) is -0.111. The van der Waals surface area contributed by atoms with Crippen LogP contribution in [0.5, 0.6) is 0 Å². The van der Waals surface area contributed by atoms with Gasteiger partial charge in [-0.2, -0.15) is 0 Å². The van der Waals surface area contributed by atoms with Crippen molar-refractivity contribution in [3.05, 3.63) is 35.6 Å². The predicted molar refractivity (Wildman–Crippen MR) is 63.8 cm³/mol. The van der Waals surface area contributed by atoms with Gasteiger partial charge in [0, 0.05) is 12.6 Å². The summed E-state index contributed by atoms with van der Waals surface area (Å²) in [6.07, 6.45) is 3.21. The van der Waals surface area contributed by atoms with Crippen LogP contribution in [-0.2, 0) is 6.42 Å². The molecule has 16 heavy (non-hydrogen) atoms. The number of halogens is 1. The Morgan fingerprint density at radius 1 is 1.25 bits per heavy atom. The molecule has 1 aromatic rings. The topological polar surface area (TPSA) is 29.3 Å². The smallest absolute Gasteiger partial charge is 0.126 e. The van der Waals surface area contributed by atoms with Crippen LogP contribution in [-0.4, -0.2) is 30.6 Å². The molecular formula is C13H19FN2. The lowest BCUT2D eigenvalue weighted by atomic mass is 10.0. The van der Waals surface area contributed by atoms with Gasteiger partial charge in [-0.05, 0) is 44.0 Å². The quantitative estimate of drug-likeness (QED) is 0.841. The molecule has 0 amide bonds. The van der Waals surface area contributed by atoms with Crippen LogP contribution < -0.4 is 5.73 Å². The van der Waals surface area contributed by atoms with Crippen molar-refractivity contribution in [2.75, 3.05) is 19.6 Å². The minimum absolute atomic E-state index is 0.111. The molecule has 2 nitrogen and oxygen atoms in total. The Balaban J connectivity index is 2.03. The Hall–Kier alpha value is -0.930. The summed E-state index contributed by atoms with van der Waals surface area (Å²) in [6.45, 7) is 2.82. The minimum atomic E-state index is -0.111. The van der Waals surface area contributed by atoms with E-state index in [1.165, 1.54) is 18.9 Å². The maximum Gasteiger partial charge on any atom is 0.126 e. The lowest BCUT2D eigenvalue weighted by Crippen LogP contribution is -2.40. The lowest BCUT2D eigenvalue weighted by Gasteiger charge is -2.26. The first kappa shape index (κ1) is 11.6. The van der Waals surface area contributed by atoms with Crippen LogP contribution in [0.4, 0.5) is 4.39 Å². The molecule has 1 aliphatic heterocycles. The number of nitrogens with zero attached hydrogens (tertiary/aromatic N) is 1. The number of nitrogens with two attached hydrogens (primary N) is 1. The molecule has 2 N–H and O–H groups in total. The van der Waals surface area contributed by atoms with Crippen LogP contribution in [0, 0.1) is 5.82 Å². The normalized spacial score (nSPS) is 18.9. The molecule has 0 saturated carbocycles. The van der Waals surface area contributed by atoms with Crippen molar-refractivity contribution < 1.29 is 4.39 Å². The van der Waals surface area contributed by atoms with Crippen LogP contribution in [0.3, 0.4) is 0 Å². The summed E-state index contributed by atoms with van der Waals surface area (Å²) in [5, 5.41) is 0. The Bertz CT molecular complexity index is 334. The molecule has 0 aliphatic carbocycles. The molecule has 1 aliphatic rings. The van der Waals surface area contributed by atoms with Crippen molar-refractivity contribution in [2.24, 2.45) is 5.73 Å². The fraction of sp³-hybridized carbons (Fsp3) is 0.538. The van der Waals surface area contributed by atoms with E-state index in [0.29, 0.717) is 12.6 Å². The molecule has 0 radical (unpaired) electrons. The van der Waals surface area contributed by atoms with Gasteiger partial charge >= 0.3 is 0 Å². The second-order valence-electron chi connectivity index (χ2n) is 4.43. The zero-order valence-electron chi connectivity index (χ0n) is 9.53. The van der Waals surface area contributed by atoms with E-state index in [9.17, 15) is 4.39 Å². The number of rotatable bonds is 4. The fourth-order valence-corrected chi connectivity index (χ4v) is 2.39. The molecule has 88 valence electrons. The van der Waals surface area contributed by atoms with Crippen LogP contribution in [0.25, 0.3) is 0 Å². The van der Waals surface area contributed by atoms with E-state index in [4.69, 9.17) is 5.73 Å². The first-order valence-electron chi connectivity index (χ1n) is 5.99. The highest BCUT2D eigenvalue weighted by Gasteiger charge is 2.21. The number of benzene rings is 1. The van der Waals surface area contributed by atoms with E-state index >= 15 is 0 Å². The van der Waals surface area contributed by atoms with Crippen LogP contribution in [0.2, 0.25) is 0 Å². The van der Waals surface area contributed by atoms with Gasteiger partial charge < -0.3 is 5.73 Å². The van der Waals surface area contributed by atoms with E-state index in [2.05, 4.69) is 4.90 Å². The number of hydrogen-bond acceptors (Lipinski definition) is 2. The third-order valence-corrected chi connectivity index (χ3v) is 3.34. The van der Waals surface area contributed by atoms with Gasteiger partial charge in [0.15, 0.2) is 0 Å². The first-order chi connectivity index (χ1) is 7.81. The summed E-state index contributed by atoms with van der Waals surface area (Å²) in [5.41, 5.74) is 6.57. The molecular weight excluding hydrogens is 203 g/mol. The zero-order chi connectivity index (χ0) is 11.4. The van der Waals surface area contributed by atoms with Gasteiger partial charge in [-0.1, -0.05) is 18.2 Å². The Morgan fingerprint density at radius 2 is 1.94 bits per heavy atom. The van der Waals surface area contributed by atoms with Crippen LogP contribution in [0.15, 0.2) is 24.3 Å². The highest BCUT2D eigenvalue weighted by atomic mass is 19.1. The molecule has 1 unspecified atom stereocenters. The average Bonchev–Trinajstić information content (AvgIpc) is 2.81. The van der Waals surface area contributed by atoms with E-state index in [1.54, 1.807) is 6.07 Å². The molecule has 1 atom stereocenters. The first-order valence-corrected chi connectivity index (χ1v) is 5.99. The van der Waals surface area contributed by atoms with Crippen molar-refractivity contribution in [1.29, 1.82) is 0 Å². The molecule has 1 fully saturated rings. The van der Waals surface area contributed by atoms with Gasteiger partial charge in [0.05, 0.1) is 0 Å². The predicted octanol–water partition coefficient (Wildman–Crippen LogP) is 1.79. The van der Waals surface area contributed by atoms with Gasteiger partial charge in [-0.3, -0.25) is 4.90 Å². The zero-order valence-corrected chi connectivity index (χ0v) is 9.53. The Morgan fingerprint density at radius 3 is 2.56 bits per heavy atom. The maximum atomic E-state index is 13.5. The number of hydrogen-bond donors (Lipinski definition) is 1. The van der Waals surface area contributed by atoms with E-state index in [1.807, 2.05) is 12.1 Å². The highest BCUT2D eigenvalue weighted by molar-refractivity contribution is 5.18. The fourth-order valence-electron chi connectivity index (χ4n) is 2.39. The van der Waals surface area contributed by atoms with Gasteiger partial charge in [0.2, 0.25) is 0 Å². The highest BCUT2D eigenvalue weighted by Crippen LogP contribution is 2.16. The average molecular weight is 222 g/mol. The Kier molecular flexibility index (Phi) is 3.91. The summed E-state index contributed by atoms with van der Waals surface area (Å²) in [4.78, 5) is 2.38. The summed E-state index contributed by atoms with van der Waals surface area (Å²) in [6, 6.07) is 7.28. The molecule has 0 spiro atoms. The summed E-state index contributed by atoms with van der Waals surface area (Å²) < 4.78 is 13.5. The summed E-state index contributed by atoms with van der Waals surface area (Å²) in [7, 11) is 0. The maximum absolute atomic E-state index is 13.5. The van der Waals surface area contributed by atoms with Crippen molar-refractivity contribution in [3.63, 3.8) is 0 Å². The molecule has 1 aromatic carbocycles.